The first kappa shape index (κ1) is 19.7. The Morgan fingerprint density at radius 1 is 1.31 bits per heavy atom. The van der Waals surface area contributed by atoms with Gasteiger partial charge in [-0.1, -0.05) is 44.5 Å². The van der Waals surface area contributed by atoms with Crippen molar-refractivity contribution in [2.75, 3.05) is 7.05 Å². The Balaban J connectivity index is 1.96. The molecule has 2 atom stereocenters. The van der Waals surface area contributed by atoms with Crippen molar-refractivity contribution >= 4 is 11.9 Å². The second kappa shape index (κ2) is 9.15. The summed E-state index contributed by atoms with van der Waals surface area (Å²) in [6.45, 7) is 4.26. The van der Waals surface area contributed by atoms with Crippen LogP contribution in [0.25, 0.3) is 11.3 Å². The molecule has 140 valence electrons. The molecule has 1 heterocycles. The molecule has 0 saturated carbocycles. The molecular formula is C19H25N3O4. The molecule has 0 bridgehead atoms. The quantitative estimate of drug-likeness (QED) is 0.594. The minimum Gasteiger partial charge on any atom is -0.481 e. The SMILES string of the molecule is CC[C@H](C)[C@H](NC)C(=O)OCc1ccc(-c2c[nH]c(CC(=O)O)n2)cc1. The molecule has 0 saturated heterocycles. The highest BCUT2D eigenvalue weighted by atomic mass is 16.5. The number of aromatic nitrogens is 2. The van der Waals surface area contributed by atoms with Gasteiger partial charge < -0.3 is 20.1 Å². The number of carbonyl (C=O) groups excluding carboxylic acids is 1. The van der Waals surface area contributed by atoms with Gasteiger partial charge in [0, 0.05) is 11.8 Å². The zero-order valence-electron chi connectivity index (χ0n) is 15.3. The molecule has 26 heavy (non-hydrogen) atoms. The number of rotatable bonds is 9. The van der Waals surface area contributed by atoms with Crippen LogP contribution in [0.5, 0.6) is 0 Å². The first-order chi connectivity index (χ1) is 12.4. The Hall–Kier alpha value is -2.67. The maximum Gasteiger partial charge on any atom is 0.323 e. The third-order valence-corrected chi connectivity index (χ3v) is 4.36. The van der Waals surface area contributed by atoms with Crippen LogP contribution < -0.4 is 5.32 Å². The van der Waals surface area contributed by atoms with Crippen molar-refractivity contribution in [3.8, 4) is 11.3 Å². The summed E-state index contributed by atoms with van der Waals surface area (Å²) in [6, 6.07) is 7.16. The summed E-state index contributed by atoms with van der Waals surface area (Å²) < 4.78 is 5.41. The highest BCUT2D eigenvalue weighted by Crippen LogP contribution is 2.18. The van der Waals surface area contributed by atoms with E-state index in [0.717, 1.165) is 17.5 Å². The highest BCUT2D eigenvalue weighted by molar-refractivity contribution is 5.76. The number of hydrogen-bond donors (Lipinski definition) is 3. The first-order valence-electron chi connectivity index (χ1n) is 8.63. The summed E-state index contributed by atoms with van der Waals surface area (Å²) in [5.74, 6) is -0.569. The molecule has 0 aliphatic heterocycles. The molecule has 1 aromatic carbocycles. The number of aliphatic carboxylic acids is 1. The number of H-pyrrole nitrogens is 1. The average molecular weight is 359 g/mol. The van der Waals surface area contributed by atoms with Crippen LogP contribution in [-0.2, 0) is 27.4 Å². The number of aromatic amines is 1. The predicted molar refractivity (Wildman–Crippen MR) is 97.5 cm³/mol. The molecule has 3 N–H and O–H groups in total. The number of carbonyl (C=O) groups is 2. The van der Waals surface area contributed by atoms with Crippen molar-refractivity contribution < 1.29 is 19.4 Å². The van der Waals surface area contributed by atoms with Crippen molar-refractivity contribution in [2.24, 2.45) is 5.92 Å². The third-order valence-electron chi connectivity index (χ3n) is 4.36. The zero-order valence-corrected chi connectivity index (χ0v) is 15.3. The number of nitrogens with one attached hydrogen (secondary N) is 2. The minimum atomic E-state index is -0.930. The monoisotopic (exact) mass is 359 g/mol. The van der Waals surface area contributed by atoms with Gasteiger partial charge in [-0.25, -0.2) is 4.98 Å². The van der Waals surface area contributed by atoms with E-state index in [4.69, 9.17) is 9.84 Å². The molecule has 2 rings (SSSR count). The number of nitrogens with zero attached hydrogens (tertiary/aromatic N) is 1. The van der Waals surface area contributed by atoms with E-state index < -0.39 is 5.97 Å². The van der Waals surface area contributed by atoms with Crippen LogP contribution >= 0.6 is 0 Å². The van der Waals surface area contributed by atoms with Gasteiger partial charge in [0.15, 0.2) is 0 Å². The van der Waals surface area contributed by atoms with Gasteiger partial charge in [0.25, 0.3) is 0 Å². The van der Waals surface area contributed by atoms with Gasteiger partial charge in [-0.2, -0.15) is 0 Å². The van der Waals surface area contributed by atoms with E-state index in [-0.39, 0.29) is 31.0 Å². The van der Waals surface area contributed by atoms with Crippen molar-refractivity contribution in [1.82, 2.24) is 15.3 Å². The molecule has 1 aromatic heterocycles. The summed E-state index contributed by atoms with van der Waals surface area (Å²) in [5, 5.41) is 11.8. The first-order valence-corrected chi connectivity index (χ1v) is 8.63. The second-order valence-electron chi connectivity index (χ2n) is 6.26. The van der Waals surface area contributed by atoms with E-state index in [9.17, 15) is 9.59 Å². The Morgan fingerprint density at radius 2 is 2.00 bits per heavy atom. The second-order valence-corrected chi connectivity index (χ2v) is 6.26. The normalized spacial score (nSPS) is 13.2. The molecule has 2 aromatic rings. The standard InChI is InChI=1S/C19H25N3O4/c1-4-12(2)18(20-3)19(25)26-11-13-5-7-14(8-6-13)15-10-21-16(22-15)9-17(23)24/h5-8,10,12,18,20H,4,9,11H2,1-3H3,(H,21,22)(H,23,24)/t12-,18-/m0/s1. The smallest absolute Gasteiger partial charge is 0.323 e. The molecule has 0 radical (unpaired) electrons. The van der Waals surface area contributed by atoms with Crippen LogP contribution in [0.2, 0.25) is 0 Å². The number of carboxylic acids is 1. The van der Waals surface area contributed by atoms with Gasteiger partial charge in [0.05, 0.1) is 5.69 Å². The molecule has 0 fully saturated rings. The van der Waals surface area contributed by atoms with Crippen molar-refractivity contribution in [1.29, 1.82) is 0 Å². The Morgan fingerprint density at radius 3 is 2.58 bits per heavy atom. The molecule has 0 aliphatic rings. The average Bonchev–Trinajstić information content (AvgIpc) is 3.08. The van der Waals surface area contributed by atoms with Crippen LogP contribution in [0.1, 0.15) is 31.7 Å². The number of hydrogen-bond acceptors (Lipinski definition) is 5. The van der Waals surface area contributed by atoms with Crippen LogP contribution in [0, 0.1) is 5.92 Å². The van der Waals surface area contributed by atoms with Gasteiger partial charge >= 0.3 is 11.9 Å². The molecular weight excluding hydrogens is 334 g/mol. The van der Waals surface area contributed by atoms with Gasteiger partial charge in [0.1, 0.15) is 24.9 Å². The lowest BCUT2D eigenvalue weighted by Gasteiger charge is -2.20. The number of esters is 1. The lowest BCUT2D eigenvalue weighted by atomic mass is 9.99. The summed E-state index contributed by atoms with van der Waals surface area (Å²) in [4.78, 5) is 30.0. The van der Waals surface area contributed by atoms with Gasteiger partial charge in [-0.3, -0.25) is 9.59 Å². The van der Waals surface area contributed by atoms with E-state index in [1.54, 1.807) is 13.2 Å². The van der Waals surface area contributed by atoms with Crippen LogP contribution in [0.4, 0.5) is 0 Å². The molecule has 0 aliphatic carbocycles. The van der Waals surface area contributed by atoms with Gasteiger partial charge in [-0.05, 0) is 18.5 Å². The van der Waals surface area contributed by atoms with Crippen LogP contribution in [0.3, 0.4) is 0 Å². The van der Waals surface area contributed by atoms with Crippen LogP contribution in [0.15, 0.2) is 30.5 Å². The fraction of sp³-hybridized carbons (Fsp3) is 0.421. The van der Waals surface area contributed by atoms with E-state index in [1.807, 2.05) is 38.1 Å². The highest BCUT2D eigenvalue weighted by Gasteiger charge is 2.23. The Labute approximate surface area is 152 Å². The number of imidazole rings is 1. The summed E-state index contributed by atoms with van der Waals surface area (Å²) in [6.07, 6.45) is 2.43. The van der Waals surface area contributed by atoms with E-state index in [1.165, 1.54) is 0 Å². The van der Waals surface area contributed by atoms with Gasteiger partial charge in [0.2, 0.25) is 0 Å². The number of benzene rings is 1. The van der Waals surface area contributed by atoms with Crippen molar-refractivity contribution in [2.45, 2.75) is 39.3 Å². The molecule has 0 spiro atoms. The minimum absolute atomic E-state index is 0.142. The molecule has 0 unspecified atom stereocenters. The molecule has 0 amide bonds. The number of likely N-dealkylation sites (N-methyl/N-ethyl adjacent to an activating group) is 1. The lowest BCUT2D eigenvalue weighted by molar-refractivity contribution is -0.148. The third kappa shape index (κ3) is 5.16. The number of ether oxygens (including phenoxy) is 1. The Kier molecular flexibility index (Phi) is 6.91. The van der Waals surface area contributed by atoms with Gasteiger partial charge in [-0.15, -0.1) is 0 Å². The van der Waals surface area contributed by atoms with Crippen LogP contribution in [-0.4, -0.2) is 40.1 Å². The predicted octanol–water partition coefficient (Wildman–Crippen LogP) is 2.38. The lowest BCUT2D eigenvalue weighted by Crippen LogP contribution is -2.40. The fourth-order valence-electron chi connectivity index (χ4n) is 2.63. The largest absolute Gasteiger partial charge is 0.481 e. The Bertz CT molecular complexity index is 739. The number of carboxylic acid groups (broad SMARTS) is 1. The maximum atomic E-state index is 12.2. The van der Waals surface area contributed by atoms with E-state index in [2.05, 4.69) is 15.3 Å². The summed E-state index contributed by atoms with van der Waals surface area (Å²) in [7, 11) is 1.76. The summed E-state index contributed by atoms with van der Waals surface area (Å²) in [5.41, 5.74) is 2.42. The zero-order chi connectivity index (χ0) is 19.1. The molecule has 7 nitrogen and oxygen atoms in total. The maximum absolute atomic E-state index is 12.2. The topological polar surface area (TPSA) is 104 Å². The van der Waals surface area contributed by atoms with Crippen molar-refractivity contribution in [3.05, 3.63) is 41.9 Å². The summed E-state index contributed by atoms with van der Waals surface area (Å²) >= 11 is 0. The van der Waals surface area contributed by atoms with E-state index in [0.29, 0.717) is 11.5 Å². The molecule has 7 heteroatoms. The van der Waals surface area contributed by atoms with E-state index >= 15 is 0 Å². The van der Waals surface area contributed by atoms with Crippen molar-refractivity contribution in [3.63, 3.8) is 0 Å². The fourth-order valence-corrected chi connectivity index (χ4v) is 2.63.